The number of hydrogen-bond acceptors (Lipinski definition) is 2. The van der Waals surface area contributed by atoms with E-state index in [1.807, 2.05) is 0 Å². The van der Waals surface area contributed by atoms with Gasteiger partial charge in [0.15, 0.2) is 0 Å². The zero-order valence-corrected chi connectivity index (χ0v) is 11.8. The second-order valence-electron chi connectivity index (χ2n) is 7.39. The SMILES string of the molecule is CC(NCCCCO)C12CC3CC(CC(C3)C1)C2. The molecular weight excluding hydrogens is 222 g/mol. The predicted molar refractivity (Wildman–Crippen MR) is 74.4 cm³/mol. The van der Waals surface area contributed by atoms with Crippen LogP contribution in [0.4, 0.5) is 0 Å². The van der Waals surface area contributed by atoms with Gasteiger partial charge in [-0.25, -0.2) is 0 Å². The van der Waals surface area contributed by atoms with Gasteiger partial charge in [0.25, 0.3) is 0 Å². The predicted octanol–water partition coefficient (Wildman–Crippen LogP) is 2.95. The van der Waals surface area contributed by atoms with E-state index in [0.717, 1.165) is 37.1 Å². The summed E-state index contributed by atoms with van der Waals surface area (Å²) in [6.45, 7) is 3.85. The monoisotopic (exact) mass is 251 g/mol. The molecule has 4 aliphatic carbocycles. The van der Waals surface area contributed by atoms with Gasteiger partial charge in [-0.3, -0.25) is 0 Å². The number of hydrogen-bond donors (Lipinski definition) is 2. The van der Waals surface area contributed by atoms with Gasteiger partial charge >= 0.3 is 0 Å². The van der Waals surface area contributed by atoms with Gasteiger partial charge in [-0.2, -0.15) is 0 Å². The van der Waals surface area contributed by atoms with Gasteiger partial charge in [0, 0.05) is 12.6 Å². The largest absolute Gasteiger partial charge is 0.396 e. The molecular formula is C16H29NO. The van der Waals surface area contributed by atoms with Crippen LogP contribution in [0.5, 0.6) is 0 Å². The molecule has 104 valence electrons. The Morgan fingerprint density at radius 1 is 1.06 bits per heavy atom. The van der Waals surface area contributed by atoms with Gasteiger partial charge in [-0.05, 0) is 88.0 Å². The molecule has 2 nitrogen and oxygen atoms in total. The van der Waals surface area contributed by atoms with Crippen molar-refractivity contribution in [2.45, 2.75) is 64.3 Å². The summed E-state index contributed by atoms with van der Waals surface area (Å²) in [6, 6.07) is 0.685. The van der Waals surface area contributed by atoms with Crippen LogP contribution in [0.25, 0.3) is 0 Å². The second-order valence-corrected chi connectivity index (χ2v) is 7.39. The Hall–Kier alpha value is -0.0800. The summed E-state index contributed by atoms with van der Waals surface area (Å²) in [5.74, 6) is 3.16. The molecule has 4 rings (SSSR count). The van der Waals surface area contributed by atoms with Gasteiger partial charge in [0.05, 0.1) is 0 Å². The lowest BCUT2D eigenvalue weighted by Gasteiger charge is -2.59. The minimum Gasteiger partial charge on any atom is -0.396 e. The second kappa shape index (κ2) is 5.13. The van der Waals surface area contributed by atoms with Crippen LogP contribution < -0.4 is 5.32 Å². The van der Waals surface area contributed by atoms with Crippen molar-refractivity contribution in [1.29, 1.82) is 0 Å². The van der Waals surface area contributed by atoms with E-state index in [0.29, 0.717) is 18.1 Å². The summed E-state index contributed by atoms with van der Waals surface area (Å²) >= 11 is 0. The topological polar surface area (TPSA) is 32.3 Å². The molecule has 0 heterocycles. The highest BCUT2D eigenvalue weighted by molar-refractivity contribution is 5.05. The van der Waals surface area contributed by atoms with Gasteiger partial charge in [-0.1, -0.05) is 0 Å². The number of aliphatic hydroxyl groups excluding tert-OH is 1. The Bertz CT molecular complexity index is 254. The molecule has 0 aromatic carbocycles. The first-order valence-electron chi connectivity index (χ1n) is 8.06. The lowest BCUT2D eigenvalue weighted by atomic mass is 9.48. The molecule has 4 fully saturated rings. The van der Waals surface area contributed by atoms with Crippen LogP contribution >= 0.6 is 0 Å². The summed E-state index contributed by atoms with van der Waals surface area (Å²) in [6.07, 6.45) is 11.2. The van der Waals surface area contributed by atoms with Crippen LogP contribution in [0.3, 0.4) is 0 Å². The number of aliphatic hydroxyl groups is 1. The molecule has 2 N–H and O–H groups in total. The number of unbranched alkanes of at least 4 members (excludes halogenated alkanes) is 1. The van der Waals surface area contributed by atoms with E-state index < -0.39 is 0 Å². The Morgan fingerprint density at radius 3 is 2.11 bits per heavy atom. The zero-order chi connectivity index (χ0) is 12.6. The lowest BCUT2D eigenvalue weighted by Crippen LogP contribution is -2.54. The first-order valence-corrected chi connectivity index (χ1v) is 8.06. The maximum Gasteiger partial charge on any atom is 0.0431 e. The summed E-state index contributed by atoms with van der Waals surface area (Å²) in [5, 5.41) is 12.6. The summed E-state index contributed by atoms with van der Waals surface area (Å²) in [4.78, 5) is 0. The van der Waals surface area contributed by atoms with Gasteiger partial charge in [0.1, 0.15) is 0 Å². The van der Waals surface area contributed by atoms with Crippen LogP contribution in [-0.2, 0) is 0 Å². The van der Waals surface area contributed by atoms with Crippen molar-refractivity contribution >= 4 is 0 Å². The molecule has 0 amide bonds. The fourth-order valence-electron chi connectivity index (χ4n) is 5.48. The highest BCUT2D eigenvalue weighted by Gasteiger charge is 2.52. The van der Waals surface area contributed by atoms with Crippen molar-refractivity contribution in [3.05, 3.63) is 0 Å². The van der Waals surface area contributed by atoms with Crippen molar-refractivity contribution in [1.82, 2.24) is 5.32 Å². The summed E-state index contributed by atoms with van der Waals surface area (Å²) < 4.78 is 0. The number of rotatable bonds is 6. The van der Waals surface area contributed by atoms with E-state index in [-0.39, 0.29) is 0 Å². The number of nitrogens with one attached hydrogen (secondary N) is 1. The van der Waals surface area contributed by atoms with Crippen LogP contribution in [0, 0.1) is 23.2 Å². The molecule has 0 spiro atoms. The average Bonchev–Trinajstić information content (AvgIpc) is 2.32. The van der Waals surface area contributed by atoms with E-state index in [1.54, 1.807) is 0 Å². The Balaban J connectivity index is 1.57. The molecule has 0 radical (unpaired) electrons. The summed E-state index contributed by atoms with van der Waals surface area (Å²) in [7, 11) is 0. The van der Waals surface area contributed by atoms with Crippen molar-refractivity contribution in [2.75, 3.05) is 13.2 Å². The Kier molecular flexibility index (Phi) is 3.68. The molecule has 1 unspecified atom stereocenters. The van der Waals surface area contributed by atoms with E-state index >= 15 is 0 Å². The third-order valence-corrected chi connectivity index (χ3v) is 6.04. The first kappa shape index (κ1) is 12.9. The summed E-state index contributed by atoms with van der Waals surface area (Å²) in [5.41, 5.74) is 0.633. The molecule has 4 saturated carbocycles. The van der Waals surface area contributed by atoms with Crippen LogP contribution in [0.1, 0.15) is 58.3 Å². The third kappa shape index (κ3) is 2.34. The molecule has 1 atom stereocenters. The molecule has 0 saturated heterocycles. The minimum atomic E-state index is 0.341. The molecule has 2 heteroatoms. The standard InChI is InChI=1S/C16H29NO/c1-12(17-4-2-3-5-18)16-9-13-6-14(10-16)8-15(7-13)11-16/h12-15,17-18H,2-11H2,1H3. The van der Waals surface area contributed by atoms with Crippen molar-refractivity contribution in [2.24, 2.45) is 23.2 Å². The molecule has 18 heavy (non-hydrogen) atoms. The van der Waals surface area contributed by atoms with Gasteiger partial charge < -0.3 is 10.4 Å². The van der Waals surface area contributed by atoms with E-state index in [1.165, 1.54) is 38.5 Å². The van der Waals surface area contributed by atoms with E-state index in [9.17, 15) is 0 Å². The Labute approximate surface area is 112 Å². The highest BCUT2D eigenvalue weighted by Crippen LogP contribution is 2.61. The van der Waals surface area contributed by atoms with Crippen LogP contribution in [0.15, 0.2) is 0 Å². The quantitative estimate of drug-likeness (QED) is 0.711. The van der Waals surface area contributed by atoms with Crippen LogP contribution in [0.2, 0.25) is 0 Å². The van der Waals surface area contributed by atoms with Crippen molar-refractivity contribution in [3.63, 3.8) is 0 Å². The van der Waals surface area contributed by atoms with Gasteiger partial charge in [0.2, 0.25) is 0 Å². The van der Waals surface area contributed by atoms with E-state index in [4.69, 9.17) is 5.11 Å². The first-order chi connectivity index (χ1) is 8.72. The third-order valence-electron chi connectivity index (χ3n) is 6.04. The average molecular weight is 251 g/mol. The highest BCUT2D eigenvalue weighted by atomic mass is 16.2. The fourth-order valence-corrected chi connectivity index (χ4v) is 5.48. The lowest BCUT2D eigenvalue weighted by molar-refractivity contribution is -0.0703. The molecule has 0 aromatic heterocycles. The van der Waals surface area contributed by atoms with E-state index in [2.05, 4.69) is 12.2 Å². The fraction of sp³-hybridized carbons (Fsp3) is 1.00. The van der Waals surface area contributed by atoms with Crippen molar-refractivity contribution in [3.8, 4) is 0 Å². The Morgan fingerprint density at radius 2 is 1.61 bits per heavy atom. The maximum atomic E-state index is 8.83. The normalized spacial score (nSPS) is 43.3. The minimum absolute atomic E-state index is 0.341. The van der Waals surface area contributed by atoms with Crippen molar-refractivity contribution < 1.29 is 5.11 Å². The smallest absolute Gasteiger partial charge is 0.0431 e. The molecule has 0 aromatic rings. The van der Waals surface area contributed by atoms with Crippen LogP contribution in [-0.4, -0.2) is 24.3 Å². The van der Waals surface area contributed by atoms with Gasteiger partial charge in [-0.15, -0.1) is 0 Å². The molecule has 4 aliphatic rings. The zero-order valence-electron chi connectivity index (χ0n) is 11.8. The maximum absolute atomic E-state index is 8.83. The molecule has 4 bridgehead atoms. The molecule has 0 aliphatic heterocycles.